The van der Waals surface area contributed by atoms with Gasteiger partial charge in [0.1, 0.15) is 6.10 Å². The minimum absolute atomic E-state index is 0.0836. The summed E-state index contributed by atoms with van der Waals surface area (Å²) in [4.78, 5) is 11.9. The molecule has 0 aromatic heterocycles. The zero-order valence-electron chi connectivity index (χ0n) is 10.00. The number of carbonyl (C=O) groups is 1. The molecule has 2 rings (SSSR count). The minimum atomic E-state index is -0.206. The van der Waals surface area contributed by atoms with Gasteiger partial charge in [0.2, 0.25) is 5.91 Å². The standard InChI is InChI=1S/C12H22N2O2/c1-9-10(5-4-7-13-9)14-12(15)11-6-2-3-8-16-11/h9-11,13H,2-8H2,1H3,(H,14,15). The van der Waals surface area contributed by atoms with Crippen molar-refractivity contribution in [1.82, 2.24) is 10.6 Å². The van der Waals surface area contributed by atoms with Crippen LogP contribution in [0.1, 0.15) is 39.0 Å². The van der Waals surface area contributed by atoms with Crippen molar-refractivity contribution >= 4 is 5.91 Å². The van der Waals surface area contributed by atoms with Gasteiger partial charge in [-0.25, -0.2) is 0 Å². The highest BCUT2D eigenvalue weighted by molar-refractivity contribution is 5.81. The van der Waals surface area contributed by atoms with E-state index in [-0.39, 0.29) is 18.1 Å². The van der Waals surface area contributed by atoms with E-state index in [0.717, 1.165) is 45.3 Å². The largest absolute Gasteiger partial charge is 0.368 e. The number of rotatable bonds is 2. The molecule has 0 aromatic carbocycles. The van der Waals surface area contributed by atoms with E-state index in [1.807, 2.05) is 0 Å². The molecule has 4 nitrogen and oxygen atoms in total. The molecule has 3 unspecified atom stereocenters. The molecular weight excluding hydrogens is 204 g/mol. The van der Waals surface area contributed by atoms with Crippen molar-refractivity contribution in [3.63, 3.8) is 0 Å². The second-order valence-corrected chi connectivity index (χ2v) is 4.86. The maximum Gasteiger partial charge on any atom is 0.249 e. The van der Waals surface area contributed by atoms with E-state index in [1.165, 1.54) is 0 Å². The van der Waals surface area contributed by atoms with Crippen LogP contribution in [-0.4, -0.2) is 37.2 Å². The third-order valence-electron chi connectivity index (χ3n) is 3.56. The normalized spacial score (nSPS) is 35.7. The first-order valence-corrected chi connectivity index (χ1v) is 6.43. The summed E-state index contributed by atoms with van der Waals surface area (Å²) in [6.07, 6.45) is 5.08. The summed E-state index contributed by atoms with van der Waals surface area (Å²) in [5.74, 6) is 0.0836. The van der Waals surface area contributed by atoms with Crippen LogP contribution in [0.4, 0.5) is 0 Å². The monoisotopic (exact) mass is 226 g/mol. The number of nitrogens with one attached hydrogen (secondary N) is 2. The molecule has 2 N–H and O–H groups in total. The molecule has 1 amide bonds. The third kappa shape index (κ3) is 2.95. The molecule has 0 radical (unpaired) electrons. The predicted molar refractivity (Wildman–Crippen MR) is 62.2 cm³/mol. The van der Waals surface area contributed by atoms with Crippen LogP contribution >= 0.6 is 0 Å². The van der Waals surface area contributed by atoms with Crippen LogP contribution in [0, 0.1) is 0 Å². The summed E-state index contributed by atoms with van der Waals surface area (Å²) in [7, 11) is 0. The molecule has 92 valence electrons. The highest BCUT2D eigenvalue weighted by atomic mass is 16.5. The Balaban J connectivity index is 1.80. The van der Waals surface area contributed by atoms with Gasteiger partial charge in [-0.2, -0.15) is 0 Å². The first-order valence-electron chi connectivity index (χ1n) is 6.43. The Bertz CT molecular complexity index is 239. The molecule has 2 aliphatic heterocycles. The van der Waals surface area contributed by atoms with Crippen molar-refractivity contribution < 1.29 is 9.53 Å². The Kier molecular flexibility index (Phi) is 4.18. The Hall–Kier alpha value is -0.610. The van der Waals surface area contributed by atoms with Crippen LogP contribution in [0.5, 0.6) is 0 Å². The summed E-state index contributed by atoms with van der Waals surface area (Å²) < 4.78 is 5.48. The maximum atomic E-state index is 11.9. The highest BCUT2D eigenvalue weighted by Gasteiger charge is 2.27. The van der Waals surface area contributed by atoms with Crippen LogP contribution in [0.15, 0.2) is 0 Å². The van der Waals surface area contributed by atoms with Gasteiger partial charge in [0.05, 0.1) is 0 Å². The molecule has 4 heteroatoms. The Morgan fingerprint density at radius 3 is 2.88 bits per heavy atom. The number of amides is 1. The minimum Gasteiger partial charge on any atom is -0.368 e. The molecule has 2 aliphatic rings. The lowest BCUT2D eigenvalue weighted by Crippen LogP contribution is -2.54. The lowest BCUT2D eigenvalue weighted by Gasteiger charge is -2.32. The summed E-state index contributed by atoms with van der Waals surface area (Å²) in [5.41, 5.74) is 0. The summed E-state index contributed by atoms with van der Waals surface area (Å²) in [6.45, 7) is 3.93. The second kappa shape index (κ2) is 5.64. The lowest BCUT2D eigenvalue weighted by atomic mass is 9.99. The zero-order chi connectivity index (χ0) is 11.4. The van der Waals surface area contributed by atoms with Gasteiger partial charge in [-0.1, -0.05) is 0 Å². The van der Waals surface area contributed by atoms with Gasteiger partial charge < -0.3 is 15.4 Å². The number of ether oxygens (including phenoxy) is 1. The van der Waals surface area contributed by atoms with Crippen LogP contribution < -0.4 is 10.6 Å². The van der Waals surface area contributed by atoms with E-state index in [9.17, 15) is 4.79 Å². The van der Waals surface area contributed by atoms with Crippen LogP contribution in [0.3, 0.4) is 0 Å². The summed E-state index contributed by atoms with van der Waals surface area (Å²) >= 11 is 0. The third-order valence-corrected chi connectivity index (χ3v) is 3.56. The highest BCUT2D eigenvalue weighted by Crippen LogP contribution is 2.14. The second-order valence-electron chi connectivity index (χ2n) is 4.86. The van der Waals surface area contributed by atoms with Gasteiger partial charge >= 0.3 is 0 Å². The molecule has 2 fully saturated rings. The Morgan fingerprint density at radius 1 is 1.31 bits per heavy atom. The lowest BCUT2D eigenvalue weighted by molar-refractivity contribution is -0.136. The SMILES string of the molecule is CC1NCCCC1NC(=O)C1CCCCO1. The number of hydrogen-bond acceptors (Lipinski definition) is 3. The molecule has 2 saturated heterocycles. The van der Waals surface area contributed by atoms with Crippen molar-refractivity contribution in [2.24, 2.45) is 0 Å². The van der Waals surface area contributed by atoms with Crippen molar-refractivity contribution in [3.05, 3.63) is 0 Å². The van der Waals surface area contributed by atoms with E-state index in [1.54, 1.807) is 0 Å². The molecule has 0 spiro atoms. The number of carbonyl (C=O) groups excluding carboxylic acids is 1. The predicted octanol–water partition coefficient (Wildman–Crippen LogP) is 0.812. The van der Waals surface area contributed by atoms with Crippen molar-refractivity contribution in [2.45, 2.75) is 57.2 Å². The summed E-state index contributed by atoms with van der Waals surface area (Å²) in [5, 5.41) is 6.50. The van der Waals surface area contributed by atoms with E-state index < -0.39 is 0 Å². The van der Waals surface area contributed by atoms with Gasteiger partial charge in [0.15, 0.2) is 0 Å². The van der Waals surface area contributed by atoms with Crippen molar-refractivity contribution in [3.8, 4) is 0 Å². The molecule has 0 bridgehead atoms. The average Bonchev–Trinajstić information content (AvgIpc) is 2.33. The fourth-order valence-electron chi connectivity index (χ4n) is 2.46. The quantitative estimate of drug-likeness (QED) is 0.732. The summed E-state index contributed by atoms with van der Waals surface area (Å²) in [6, 6.07) is 0.646. The van der Waals surface area contributed by atoms with Crippen molar-refractivity contribution in [2.75, 3.05) is 13.2 Å². The molecule has 0 aliphatic carbocycles. The van der Waals surface area contributed by atoms with Gasteiger partial charge in [0.25, 0.3) is 0 Å². The average molecular weight is 226 g/mol. The van der Waals surface area contributed by atoms with Gasteiger partial charge in [-0.15, -0.1) is 0 Å². The molecule has 0 aromatic rings. The number of hydrogen-bond donors (Lipinski definition) is 2. The van der Waals surface area contributed by atoms with Crippen LogP contribution in [-0.2, 0) is 9.53 Å². The Labute approximate surface area is 97.1 Å². The first kappa shape index (κ1) is 11.9. The van der Waals surface area contributed by atoms with E-state index in [4.69, 9.17) is 4.74 Å². The van der Waals surface area contributed by atoms with Crippen molar-refractivity contribution in [1.29, 1.82) is 0 Å². The van der Waals surface area contributed by atoms with E-state index in [0.29, 0.717) is 6.04 Å². The molecule has 2 heterocycles. The zero-order valence-corrected chi connectivity index (χ0v) is 10.00. The topological polar surface area (TPSA) is 50.4 Å². The first-order chi connectivity index (χ1) is 7.77. The maximum absolute atomic E-state index is 11.9. The molecule has 0 saturated carbocycles. The molecule has 16 heavy (non-hydrogen) atoms. The Morgan fingerprint density at radius 2 is 2.19 bits per heavy atom. The fourth-order valence-corrected chi connectivity index (χ4v) is 2.46. The number of piperidine rings is 1. The van der Waals surface area contributed by atoms with Crippen LogP contribution in [0.25, 0.3) is 0 Å². The van der Waals surface area contributed by atoms with Gasteiger partial charge in [0, 0.05) is 18.7 Å². The fraction of sp³-hybridized carbons (Fsp3) is 0.917. The van der Waals surface area contributed by atoms with Gasteiger partial charge in [-0.3, -0.25) is 4.79 Å². The van der Waals surface area contributed by atoms with Gasteiger partial charge in [-0.05, 0) is 45.6 Å². The molecular formula is C12H22N2O2. The smallest absolute Gasteiger partial charge is 0.249 e. The molecule has 3 atom stereocenters. The van der Waals surface area contributed by atoms with E-state index >= 15 is 0 Å². The van der Waals surface area contributed by atoms with Crippen LogP contribution in [0.2, 0.25) is 0 Å². The van der Waals surface area contributed by atoms with E-state index in [2.05, 4.69) is 17.6 Å².